The van der Waals surface area contributed by atoms with Crippen LogP contribution in [0.15, 0.2) is 42.5 Å². The van der Waals surface area contributed by atoms with Gasteiger partial charge in [-0.05, 0) is 30.3 Å². The summed E-state index contributed by atoms with van der Waals surface area (Å²) >= 11 is 7.47. The van der Waals surface area contributed by atoms with Crippen molar-refractivity contribution in [1.82, 2.24) is 4.98 Å². The molecule has 1 aromatic heterocycles. The number of aromatic nitrogens is 1. The molecule has 114 valence electrons. The number of carbonyl (C=O) groups excluding carboxylic acids is 1. The summed E-state index contributed by atoms with van der Waals surface area (Å²) in [5, 5.41) is 13.0. The monoisotopic (exact) mass is 341 g/mol. The summed E-state index contributed by atoms with van der Waals surface area (Å²) in [6, 6.07) is 14.8. The molecule has 0 bridgehead atoms. The van der Waals surface area contributed by atoms with E-state index in [2.05, 4.69) is 10.3 Å². The smallest absolute Gasteiger partial charge is 0.224 e. The Kier molecular flexibility index (Phi) is 4.56. The van der Waals surface area contributed by atoms with E-state index >= 15 is 0 Å². The second kappa shape index (κ2) is 6.78. The van der Waals surface area contributed by atoms with Crippen LogP contribution in [0.25, 0.3) is 10.2 Å². The van der Waals surface area contributed by atoms with Crippen molar-refractivity contribution >= 4 is 44.7 Å². The van der Waals surface area contributed by atoms with E-state index in [1.54, 1.807) is 29.5 Å². The summed E-state index contributed by atoms with van der Waals surface area (Å²) in [4.78, 5) is 16.5. The summed E-state index contributed by atoms with van der Waals surface area (Å²) < 4.78 is 1.12. The molecule has 1 amide bonds. The van der Waals surface area contributed by atoms with Crippen LogP contribution in [-0.2, 0) is 11.2 Å². The van der Waals surface area contributed by atoms with Gasteiger partial charge in [0.05, 0.1) is 25.8 Å². The number of nitrogens with zero attached hydrogens (tertiary/aromatic N) is 2. The molecule has 3 rings (SSSR count). The van der Waals surface area contributed by atoms with E-state index in [4.69, 9.17) is 16.9 Å². The minimum Gasteiger partial charge on any atom is -0.326 e. The highest BCUT2D eigenvalue weighted by Gasteiger charge is 2.08. The SMILES string of the molecule is N#Cc1cc(NC(=O)CCc2nc3ccccc3s2)ccc1Cl. The van der Waals surface area contributed by atoms with Gasteiger partial charge in [-0.1, -0.05) is 23.7 Å². The highest BCUT2D eigenvalue weighted by molar-refractivity contribution is 7.18. The molecule has 4 nitrogen and oxygen atoms in total. The number of carbonyl (C=O) groups is 1. The molecular formula is C17H12ClN3OS. The number of thiazole rings is 1. The van der Waals surface area contributed by atoms with Crippen LogP contribution in [0, 0.1) is 11.3 Å². The first-order valence-electron chi connectivity index (χ1n) is 6.99. The van der Waals surface area contributed by atoms with Gasteiger partial charge in [-0.2, -0.15) is 5.26 Å². The van der Waals surface area contributed by atoms with Gasteiger partial charge in [-0.25, -0.2) is 4.98 Å². The quantitative estimate of drug-likeness (QED) is 0.765. The number of para-hydroxylation sites is 1. The van der Waals surface area contributed by atoms with Crippen LogP contribution in [-0.4, -0.2) is 10.9 Å². The van der Waals surface area contributed by atoms with E-state index in [9.17, 15) is 4.79 Å². The molecule has 3 aromatic rings. The molecule has 0 saturated carbocycles. The van der Waals surface area contributed by atoms with Crippen LogP contribution in [0.5, 0.6) is 0 Å². The summed E-state index contributed by atoms with van der Waals surface area (Å²) in [5.41, 5.74) is 1.88. The van der Waals surface area contributed by atoms with Gasteiger partial charge in [-0.3, -0.25) is 4.79 Å². The zero-order valence-corrected chi connectivity index (χ0v) is 13.6. The predicted molar refractivity (Wildman–Crippen MR) is 92.7 cm³/mol. The molecule has 0 aliphatic carbocycles. The summed E-state index contributed by atoms with van der Waals surface area (Å²) in [5.74, 6) is -0.115. The van der Waals surface area contributed by atoms with Crippen molar-refractivity contribution < 1.29 is 4.79 Å². The van der Waals surface area contributed by atoms with Crippen LogP contribution >= 0.6 is 22.9 Å². The lowest BCUT2D eigenvalue weighted by Crippen LogP contribution is -2.12. The number of fused-ring (bicyclic) bond motifs is 1. The van der Waals surface area contributed by atoms with E-state index in [1.807, 2.05) is 30.3 Å². The third-order valence-corrected chi connectivity index (χ3v) is 4.70. The standard InChI is InChI=1S/C17H12ClN3OS/c18-13-6-5-12(9-11(13)10-19)20-16(22)7-8-17-21-14-3-1-2-4-15(14)23-17/h1-6,9H,7-8H2,(H,20,22). The van der Waals surface area contributed by atoms with Crippen molar-refractivity contribution in [2.24, 2.45) is 0 Å². The first-order chi connectivity index (χ1) is 11.2. The third-order valence-electron chi connectivity index (χ3n) is 3.27. The molecule has 2 aromatic carbocycles. The van der Waals surface area contributed by atoms with Gasteiger partial charge in [0.1, 0.15) is 6.07 Å². The zero-order valence-electron chi connectivity index (χ0n) is 12.0. The molecule has 23 heavy (non-hydrogen) atoms. The van der Waals surface area contributed by atoms with E-state index in [-0.39, 0.29) is 5.91 Å². The lowest BCUT2D eigenvalue weighted by atomic mass is 10.2. The third kappa shape index (κ3) is 3.67. The van der Waals surface area contributed by atoms with E-state index in [1.165, 1.54) is 0 Å². The molecule has 6 heteroatoms. The molecule has 0 saturated heterocycles. The maximum Gasteiger partial charge on any atom is 0.224 e. The average Bonchev–Trinajstić information content (AvgIpc) is 2.97. The first-order valence-corrected chi connectivity index (χ1v) is 8.19. The predicted octanol–water partition coefficient (Wildman–Crippen LogP) is 4.39. The lowest BCUT2D eigenvalue weighted by Gasteiger charge is -2.05. The Bertz CT molecular complexity index is 881. The fourth-order valence-corrected chi connectivity index (χ4v) is 3.29. The zero-order chi connectivity index (χ0) is 16.2. The highest BCUT2D eigenvalue weighted by atomic mass is 35.5. The number of hydrogen-bond donors (Lipinski definition) is 1. The van der Waals surface area contributed by atoms with E-state index in [0.29, 0.717) is 29.1 Å². The molecule has 0 unspecified atom stereocenters. The van der Waals surface area contributed by atoms with Gasteiger partial charge >= 0.3 is 0 Å². The molecule has 0 spiro atoms. The Balaban J connectivity index is 1.62. The topological polar surface area (TPSA) is 65.8 Å². The molecule has 0 radical (unpaired) electrons. The molecule has 0 aliphatic heterocycles. The summed E-state index contributed by atoms with van der Waals surface area (Å²) in [6.45, 7) is 0. The molecular weight excluding hydrogens is 330 g/mol. The molecule has 0 aliphatic rings. The Morgan fingerprint density at radius 1 is 1.30 bits per heavy atom. The normalized spacial score (nSPS) is 10.4. The number of benzene rings is 2. The Morgan fingerprint density at radius 3 is 2.91 bits per heavy atom. The van der Waals surface area contributed by atoms with Crippen LogP contribution in [0.3, 0.4) is 0 Å². The molecule has 0 atom stereocenters. The van der Waals surface area contributed by atoms with Gasteiger partial charge in [-0.15, -0.1) is 11.3 Å². The number of aryl methyl sites for hydroxylation is 1. The van der Waals surface area contributed by atoms with Crippen molar-refractivity contribution in [2.45, 2.75) is 12.8 Å². The van der Waals surface area contributed by atoms with Gasteiger partial charge < -0.3 is 5.32 Å². The Morgan fingerprint density at radius 2 is 2.13 bits per heavy atom. The minimum absolute atomic E-state index is 0.115. The molecule has 1 N–H and O–H groups in total. The number of amides is 1. The highest BCUT2D eigenvalue weighted by Crippen LogP contribution is 2.23. The fourth-order valence-electron chi connectivity index (χ4n) is 2.16. The van der Waals surface area contributed by atoms with E-state index < -0.39 is 0 Å². The summed E-state index contributed by atoms with van der Waals surface area (Å²) in [7, 11) is 0. The Labute approximate surface area is 142 Å². The fraction of sp³-hybridized carbons (Fsp3) is 0.118. The van der Waals surface area contributed by atoms with Gasteiger partial charge in [0, 0.05) is 18.5 Å². The van der Waals surface area contributed by atoms with E-state index in [0.717, 1.165) is 15.2 Å². The van der Waals surface area contributed by atoms with Crippen LogP contribution < -0.4 is 5.32 Å². The van der Waals surface area contributed by atoms with Crippen molar-refractivity contribution in [2.75, 3.05) is 5.32 Å². The van der Waals surface area contributed by atoms with Gasteiger partial charge in [0.15, 0.2) is 0 Å². The molecule has 0 fully saturated rings. The van der Waals surface area contributed by atoms with Crippen LogP contribution in [0.4, 0.5) is 5.69 Å². The second-order valence-electron chi connectivity index (χ2n) is 4.93. The van der Waals surface area contributed by atoms with Crippen LogP contribution in [0.1, 0.15) is 17.0 Å². The van der Waals surface area contributed by atoms with Crippen molar-refractivity contribution in [3.05, 3.63) is 58.1 Å². The minimum atomic E-state index is -0.115. The first kappa shape index (κ1) is 15.5. The number of hydrogen-bond acceptors (Lipinski definition) is 4. The largest absolute Gasteiger partial charge is 0.326 e. The van der Waals surface area contributed by atoms with Crippen LogP contribution in [0.2, 0.25) is 5.02 Å². The van der Waals surface area contributed by atoms with Gasteiger partial charge in [0.25, 0.3) is 0 Å². The van der Waals surface area contributed by atoms with Gasteiger partial charge in [0.2, 0.25) is 5.91 Å². The Hall–Kier alpha value is -2.42. The average molecular weight is 342 g/mol. The number of anilines is 1. The number of rotatable bonds is 4. The second-order valence-corrected chi connectivity index (χ2v) is 6.45. The van der Waals surface area contributed by atoms with Crippen molar-refractivity contribution in [1.29, 1.82) is 5.26 Å². The maximum absolute atomic E-state index is 12.0. The number of nitriles is 1. The molecule has 1 heterocycles. The number of halogens is 1. The number of nitrogens with one attached hydrogen (secondary N) is 1. The van der Waals surface area contributed by atoms with Crippen molar-refractivity contribution in [3.63, 3.8) is 0 Å². The van der Waals surface area contributed by atoms with Crippen molar-refractivity contribution in [3.8, 4) is 6.07 Å². The maximum atomic E-state index is 12.0. The lowest BCUT2D eigenvalue weighted by molar-refractivity contribution is -0.116. The summed E-state index contributed by atoms with van der Waals surface area (Å²) in [6.07, 6.45) is 0.925.